The van der Waals surface area contributed by atoms with Gasteiger partial charge in [0.15, 0.2) is 0 Å². The Hall–Kier alpha value is -1.88. The highest BCUT2D eigenvalue weighted by atomic mass is 16.5. The number of ether oxygens (including phenoxy) is 1. The molecule has 2 saturated heterocycles. The Morgan fingerprint density at radius 1 is 1.19 bits per heavy atom. The van der Waals surface area contributed by atoms with E-state index in [9.17, 15) is 9.59 Å². The Kier molecular flexibility index (Phi) is 2.94. The fourth-order valence-electron chi connectivity index (χ4n) is 8.44. The van der Waals surface area contributed by atoms with Crippen LogP contribution in [-0.2, 0) is 19.7 Å². The second kappa shape index (κ2) is 4.93. The van der Waals surface area contributed by atoms with Crippen molar-refractivity contribution in [2.75, 3.05) is 25.1 Å². The molecule has 3 spiro atoms. The van der Waals surface area contributed by atoms with Gasteiger partial charge in [-0.1, -0.05) is 18.2 Å². The van der Waals surface area contributed by atoms with Gasteiger partial charge in [0.05, 0.1) is 18.6 Å². The molecule has 0 radical (unpaired) electrons. The maximum atomic E-state index is 13.1. The van der Waals surface area contributed by atoms with Gasteiger partial charge < -0.3 is 9.64 Å². The van der Waals surface area contributed by atoms with Gasteiger partial charge in [0.2, 0.25) is 6.41 Å². The molecule has 3 saturated carbocycles. The third kappa shape index (κ3) is 1.49. The van der Waals surface area contributed by atoms with Crippen molar-refractivity contribution < 1.29 is 14.3 Å². The molecule has 2 bridgehead atoms. The monoisotopic (exact) mass is 366 g/mol. The third-order valence-corrected chi connectivity index (χ3v) is 8.95. The summed E-state index contributed by atoms with van der Waals surface area (Å²) in [6, 6.07) is 8.86. The summed E-state index contributed by atoms with van der Waals surface area (Å²) < 4.78 is 5.32. The van der Waals surface area contributed by atoms with Crippen molar-refractivity contribution in [3.63, 3.8) is 0 Å². The lowest BCUT2D eigenvalue weighted by atomic mass is 9.38. The Morgan fingerprint density at radius 2 is 2.04 bits per heavy atom. The number of carbonyl (C=O) groups is 2. The Bertz CT molecular complexity index is 856. The molecule has 1 aromatic rings. The standard InChI is InChI=1S/C22H26N2O3/c1-27-18(26)16-13-20-7-4-11-23-12-10-21(19(20)23)15-5-2-3-6-17(15)24(14-25)22(16,21)9-8-20/h2-3,5-6,14,16,19H,4,7-13H2,1H3/t16-,19-,20-,21+,22-/m0/s1. The van der Waals surface area contributed by atoms with E-state index in [0.717, 1.165) is 50.9 Å². The first kappa shape index (κ1) is 16.1. The largest absolute Gasteiger partial charge is 0.469 e. The van der Waals surface area contributed by atoms with Crippen LogP contribution < -0.4 is 4.90 Å². The number of nitrogens with zero attached hydrogens (tertiary/aromatic N) is 2. The first-order chi connectivity index (χ1) is 13.1. The van der Waals surface area contributed by atoms with E-state index in [1.54, 1.807) is 0 Å². The minimum absolute atomic E-state index is 0.129. The second-order valence-electron chi connectivity index (χ2n) is 9.32. The molecule has 142 valence electrons. The van der Waals surface area contributed by atoms with E-state index in [-0.39, 0.29) is 22.7 Å². The number of fused-ring (bicyclic) bond motifs is 3. The minimum atomic E-state index is -0.468. The van der Waals surface area contributed by atoms with Crippen LogP contribution in [0.15, 0.2) is 24.3 Å². The van der Waals surface area contributed by atoms with E-state index in [0.29, 0.717) is 6.04 Å². The first-order valence-corrected chi connectivity index (χ1v) is 10.3. The molecule has 1 aromatic carbocycles. The van der Waals surface area contributed by atoms with Crippen LogP contribution in [0.3, 0.4) is 0 Å². The summed E-state index contributed by atoms with van der Waals surface area (Å²) in [5.74, 6) is -0.362. The van der Waals surface area contributed by atoms with Gasteiger partial charge in [0.1, 0.15) is 0 Å². The topological polar surface area (TPSA) is 49.9 Å². The molecule has 3 heterocycles. The van der Waals surface area contributed by atoms with E-state index in [1.165, 1.54) is 25.5 Å². The number of anilines is 1. The molecule has 5 heteroatoms. The highest BCUT2D eigenvalue weighted by molar-refractivity contribution is 5.90. The predicted octanol–water partition coefficient (Wildman–Crippen LogP) is 2.48. The molecular formula is C22H26N2O3. The fourth-order valence-corrected chi connectivity index (χ4v) is 8.44. The molecule has 7 rings (SSSR count). The summed E-state index contributed by atoms with van der Waals surface area (Å²) in [5, 5.41) is 0. The summed E-state index contributed by atoms with van der Waals surface area (Å²) in [7, 11) is 1.50. The molecule has 0 N–H and O–H groups in total. The van der Waals surface area contributed by atoms with Gasteiger partial charge in [-0.05, 0) is 68.7 Å². The Morgan fingerprint density at radius 3 is 2.85 bits per heavy atom. The van der Waals surface area contributed by atoms with Gasteiger partial charge >= 0.3 is 5.97 Å². The van der Waals surface area contributed by atoms with Gasteiger partial charge in [-0.25, -0.2) is 0 Å². The highest BCUT2D eigenvalue weighted by Crippen LogP contribution is 2.75. The molecule has 0 unspecified atom stereocenters. The summed E-state index contributed by atoms with van der Waals surface area (Å²) in [5.41, 5.74) is 1.89. The van der Waals surface area contributed by atoms with E-state index in [2.05, 4.69) is 23.1 Å². The average Bonchev–Trinajstić information content (AvgIpc) is 3.23. The number of methoxy groups -OCH3 is 1. The van der Waals surface area contributed by atoms with Crippen LogP contribution in [0.2, 0.25) is 0 Å². The first-order valence-electron chi connectivity index (χ1n) is 10.3. The lowest BCUT2D eigenvalue weighted by Crippen LogP contribution is -2.78. The van der Waals surface area contributed by atoms with Crippen molar-refractivity contribution in [3.8, 4) is 0 Å². The molecular weight excluding hydrogens is 340 g/mol. The van der Waals surface area contributed by atoms with E-state index >= 15 is 0 Å². The van der Waals surface area contributed by atoms with Crippen LogP contribution in [0.5, 0.6) is 0 Å². The Balaban J connectivity index is 1.69. The molecule has 3 aliphatic heterocycles. The van der Waals surface area contributed by atoms with Gasteiger partial charge in [0, 0.05) is 17.1 Å². The number of para-hydroxylation sites is 1. The zero-order valence-corrected chi connectivity index (χ0v) is 15.8. The number of rotatable bonds is 2. The summed E-state index contributed by atoms with van der Waals surface area (Å²) >= 11 is 0. The van der Waals surface area contributed by atoms with Crippen LogP contribution >= 0.6 is 0 Å². The predicted molar refractivity (Wildman–Crippen MR) is 100 cm³/mol. The van der Waals surface area contributed by atoms with Crippen LogP contribution in [0.25, 0.3) is 0 Å². The Labute approximate surface area is 159 Å². The molecule has 3 aliphatic carbocycles. The van der Waals surface area contributed by atoms with Crippen molar-refractivity contribution >= 4 is 18.1 Å². The second-order valence-corrected chi connectivity index (χ2v) is 9.32. The van der Waals surface area contributed by atoms with Gasteiger partial charge in [0.25, 0.3) is 0 Å². The van der Waals surface area contributed by atoms with Gasteiger partial charge in [-0.3, -0.25) is 14.5 Å². The number of hydrogen-bond donors (Lipinski definition) is 0. The molecule has 5 nitrogen and oxygen atoms in total. The van der Waals surface area contributed by atoms with Gasteiger partial charge in [-0.15, -0.1) is 0 Å². The summed E-state index contributed by atoms with van der Waals surface area (Å²) in [6.45, 7) is 2.22. The van der Waals surface area contributed by atoms with Crippen molar-refractivity contribution in [3.05, 3.63) is 29.8 Å². The van der Waals surface area contributed by atoms with Crippen molar-refractivity contribution in [2.24, 2.45) is 11.3 Å². The lowest BCUT2D eigenvalue weighted by molar-refractivity contribution is -0.175. The number of carbonyl (C=O) groups excluding carboxylic acids is 2. The SMILES string of the molecule is COC(=O)[C@@H]1C[C@]23CCCN4CC[C@@]5(c6ccccc6N(C=O)[C@@]15CC2)[C@@H]43. The van der Waals surface area contributed by atoms with E-state index in [1.807, 2.05) is 11.0 Å². The zero-order valence-electron chi connectivity index (χ0n) is 15.8. The summed E-state index contributed by atoms with van der Waals surface area (Å²) in [6.07, 6.45) is 7.32. The van der Waals surface area contributed by atoms with Crippen LogP contribution in [0.4, 0.5) is 5.69 Å². The average molecular weight is 366 g/mol. The molecule has 5 fully saturated rings. The smallest absolute Gasteiger partial charge is 0.311 e. The van der Waals surface area contributed by atoms with Crippen LogP contribution in [-0.4, -0.2) is 49.1 Å². The number of hydrogen-bond acceptors (Lipinski definition) is 4. The molecule has 0 aromatic heterocycles. The summed E-state index contributed by atoms with van der Waals surface area (Å²) in [4.78, 5) is 30.2. The maximum absolute atomic E-state index is 13.1. The molecule has 27 heavy (non-hydrogen) atoms. The fraction of sp³-hybridized carbons (Fsp3) is 0.636. The van der Waals surface area contributed by atoms with Crippen LogP contribution in [0.1, 0.15) is 44.1 Å². The third-order valence-electron chi connectivity index (χ3n) is 8.95. The minimum Gasteiger partial charge on any atom is -0.469 e. The maximum Gasteiger partial charge on any atom is 0.311 e. The van der Waals surface area contributed by atoms with Gasteiger partial charge in [-0.2, -0.15) is 0 Å². The highest BCUT2D eigenvalue weighted by Gasteiger charge is 2.80. The molecule has 1 amide bonds. The van der Waals surface area contributed by atoms with Crippen molar-refractivity contribution in [2.45, 2.75) is 55.5 Å². The molecule has 5 atom stereocenters. The normalized spacial score (nSPS) is 43.8. The van der Waals surface area contributed by atoms with E-state index in [4.69, 9.17) is 4.74 Å². The van der Waals surface area contributed by atoms with Crippen molar-refractivity contribution in [1.29, 1.82) is 0 Å². The molecule has 6 aliphatic rings. The number of piperidine rings is 1. The number of amides is 1. The van der Waals surface area contributed by atoms with Crippen LogP contribution in [0, 0.1) is 11.3 Å². The lowest BCUT2D eigenvalue weighted by Gasteiger charge is -2.69. The van der Waals surface area contributed by atoms with Crippen molar-refractivity contribution in [1.82, 2.24) is 4.90 Å². The number of benzene rings is 1. The quantitative estimate of drug-likeness (QED) is 0.596. The zero-order chi connectivity index (χ0) is 18.4. The number of esters is 1. The van der Waals surface area contributed by atoms with E-state index < -0.39 is 5.54 Å².